The molecule has 14 heavy (non-hydrogen) atoms. The first-order valence-corrected chi connectivity index (χ1v) is 7.31. The van der Waals surface area contributed by atoms with Crippen molar-refractivity contribution >= 4 is 67.8 Å². The number of halogens is 3. The van der Waals surface area contributed by atoms with Gasteiger partial charge in [-0.15, -0.1) is 0 Å². The molecule has 0 unspecified atom stereocenters. The first kappa shape index (κ1) is 13.1. The largest absolute Gasteiger partial charge is 0.504 e. The normalized spacial score (nSPS) is 10.6. The van der Waals surface area contributed by atoms with E-state index in [0.717, 1.165) is 29.1 Å². The van der Waals surface area contributed by atoms with Crippen molar-refractivity contribution in [2.45, 2.75) is 19.8 Å². The molecule has 5 heteroatoms. The molecule has 2 nitrogen and oxygen atoms in total. The van der Waals surface area contributed by atoms with E-state index in [2.05, 4.69) is 52.1 Å². The van der Waals surface area contributed by atoms with Gasteiger partial charge in [0.2, 0.25) is 0 Å². The minimum atomic E-state index is 0.0128. The van der Waals surface area contributed by atoms with Crippen LogP contribution in [-0.4, -0.2) is 10.2 Å². The van der Waals surface area contributed by atoms with Crippen molar-refractivity contribution in [3.8, 4) is 11.5 Å². The number of hydrogen-bond acceptors (Lipinski definition) is 2. The lowest BCUT2D eigenvalue weighted by Crippen LogP contribution is -1.96. The second-order valence-corrected chi connectivity index (χ2v) is 6.10. The second-order valence-electron chi connectivity index (χ2n) is 2.87. The van der Waals surface area contributed by atoms with Gasteiger partial charge in [0.15, 0.2) is 11.5 Å². The SMILES string of the molecule is CCCc1c(O)c(O)c(I)c(I)c1I. The van der Waals surface area contributed by atoms with Crippen LogP contribution in [0, 0.1) is 10.7 Å². The van der Waals surface area contributed by atoms with Crippen molar-refractivity contribution in [3.63, 3.8) is 0 Å². The summed E-state index contributed by atoms with van der Waals surface area (Å²) in [5.41, 5.74) is 0.857. The van der Waals surface area contributed by atoms with Gasteiger partial charge in [0, 0.05) is 12.7 Å². The van der Waals surface area contributed by atoms with Gasteiger partial charge in [-0.3, -0.25) is 0 Å². The number of aromatic hydroxyl groups is 2. The van der Waals surface area contributed by atoms with Crippen LogP contribution >= 0.6 is 67.8 Å². The molecule has 1 aromatic carbocycles. The zero-order valence-electron chi connectivity index (χ0n) is 7.44. The highest BCUT2D eigenvalue weighted by Gasteiger charge is 2.18. The lowest BCUT2D eigenvalue weighted by atomic mass is 10.1. The van der Waals surface area contributed by atoms with E-state index < -0.39 is 0 Å². The van der Waals surface area contributed by atoms with Crippen LogP contribution in [0.5, 0.6) is 11.5 Å². The fourth-order valence-corrected chi connectivity index (χ4v) is 3.58. The van der Waals surface area contributed by atoms with Crippen LogP contribution in [0.25, 0.3) is 0 Å². The molecule has 0 amide bonds. The third-order valence-electron chi connectivity index (χ3n) is 1.87. The predicted molar refractivity (Wildman–Crippen MR) is 81.9 cm³/mol. The van der Waals surface area contributed by atoms with Gasteiger partial charge in [0.25, 0.3) is 0 Å². The van der Waals surface area contributed by atoms with E-state index in [9.17, 15) is 10.2 Å². The monoisotopic (exact) mass is 530 g/mol. The lowest BCUT2D eigenvalue weighted by Gasteiger charge is -2.12. The molecule has 78 valence electrons. The Morgan fingerprint density at radius 1 is 0.929 bits per heavy atom. The minimum absolute atomic E-state index is 0.0128. The van der Waals surface area contributed by atoms with Gasteiger partial charge in [-0.2, -0.15) is 0 Å². The summed E-state index contributed by atoms with van der Waals surface area (Å²) in [5, 5.41) is 19.4. The highest BCUT2D eigenvalue weighted by atomic mass is 127. The molecule has 0 heterocycles. The smallest absolute Gasteiger partial charge is 0.172 e. The van der Waals surface area contributed by atoms with Gasteiger partial charge < -0.3 is 10.2 Å². The van der Waals surface area contributed by atoms with E-state index in [-0.39, 0.29) is 11.5 Å². The van der Waals surface area contributed by atoms with Gasteiger partial charge in [-0.1, -0.05) is 13.3 Å². The van der Waals surface area contributed by atoms with Crippen LogP contribution in [0.3, 0.4) is 0 Å². The van der Waals surface area contributed by atoms with Crippen molar-refractivity contribution in [3.05, 3.63) is 16.3 Å². The Morgan fingerprint density at radius 2 is 1.50 bits per heavy atom. The molecule has 1 aromatic rings. The molecule has 0 aliphatic heterocycles. The maximum atomic E-state index is 9.75. The van der Waals surface area contributed by atoms with Crippen molar-refractivity contribution < 1.29 is 10.2 Å². The zero-order valence-corrected chi connectivity index (χ0v) is 13.9. The van der Waals surface area contributed by atoms with Gasteiger partial charge >= 0.3 is 0 Å². The Balaban J connectivity index is 3.43. The number of hydrogen-bond donors (Lipinski definition) is 2. The molecular weight excluding hydrogens is 521 g/mol. The van der Waals surface area contributed by atoms with Crippen LogP contribution in [0.1, 0.15) is 18.9 Å². The molecule has 0 radical (unpaired) electrons. The van der Waals surface area contributed by atoms with E-state index >= 15 is 0 Å². The summed E-state index contributed by atoms with van der Waals surface area (Å²) < 4.78 is 2.79. The summed E-state index contributed by atoms with van der Waals surface area (Å²) in [6.45, 7) is 2.05. The highest BCUT2D eigenvalue weighted by molar-refractivity contribution is 14.1. The standard InChI is InChI=1S/C9H9I3O2/c1-2-3-4-5(10)6(11)7(12)9(14)8(4)13/h13-14H,2-3H2,1H3. The van der Waals surface area contributed by atoms with Crippen LogP contribution in [-0.2, 0) is 6.42 Å². The summed E-state index contributed by atoms with van der Waals surface area (Å²) >= 11 is 6.45. The van der Waals surface area contributed by atoms with Crippen LogP contribution in [0.2, 0.25) is 0 Å². The number of phenols is 2. The van der Waals surface area contributed by atoms with E-state index in [0.29, 0.717) is 0 Å². The molecule has 0 fully saturated rings. The van der Waals surface area contributed by atoms with Crippen molar-refractivity contribution in [1.82, 2.24) is 0 Å². The zero-order chi connectivity index (χ0) is 10.9. The van der Waals surface area contributed by atoms with Crippen molar-refractivity contribution in [2.24, 2.45) is 0 Å². The van der Waals surface area contributed by atoms with Crippen molar-refractivity contribution in [1.29, 1.82) is 0 Å². The lowest BCUT2D eigenvalue weighted by molar-refractivity contribution is 0.395. The quantitative estimate of drug-likeness (QED) is 0.347. The molecule has 0 aliphatic rings. The highest BCUT2D eigenvalue weighted by Crippen LogP contribution is 2.40. The molecule has 0 saturated heterocycles. The summed E-state index contributed by atoms with van der Waals surface area (Å²) in [6.07, 6.45) is 1.75. The average Bonchev–Trinajstić information content (AvgIpc) is 2.19. The van der Waals surface area contributed by atoms with Crippen LogP contribution in [0.4, 0.5) is 0 Å². The molecule has 0 spiro atoms. The number of benzene rings is 1. The summed E-state index contributed by atoms with van der Waals surface area (Å²) in [6, 6.07) is 0. The molecule has 2 N–H and O–H groups in total. The Hall–Kier alpha value is 1.01. The molecule has 0 aliphatic carbocycles. The maximum Gasteiger partial charge on any atom is 0.172 e. The van der Waals surface area contributed by atoms with Crippen LogP contribution in [0.15, 0.2) is 0 Å². The van der Waals surface area contributed by atoms with Gasteiger partial charge in [0.1, 0.15) is 0 Å². The molecular formula is C9H9I3O2. The maximum absolute atomic E-state index is 9.75. The number of rotatable bonds is 2. The summed E-state index contributed by atoms with van der Waals surface area (Å²) in [5.74, 6) is 0.0555. The van der Waals surface area contributed by atoms with Crippen LogP contribution < -0.4 is 0 Å². The first-order valence-electron chi connectivity index (χ1n) is 4.07. The van der Waals surface area contributed by atoms with E-state index in [1.54, 1.807) is 0 Å². The number of phenolic OH excluding ortho intramolecular Hbond substituents is 2. The Bertz CT molecular complexity index is 335. The Morgan fingerprint density at radius 3 is 2.00 bits per heavy atom. The second kappa shape index (κ2) is 5.37. The fraction of sp³-hybridized carbons (Fsp3) is 0.333. The molecule has 0 saturated carbocycles. The van der Waals surface area contributed by atoms with E-state index in [4.69, 9.17) is 0 Å². The average molecular weight is 530 g/mol. The van der Waals surface area contributed by atoms with Gasteiger partial charge in [0.05, 0.1) is 3.57 Å². The Kier molecular flexibility index (Phi) is 5.02. The van der Waals surface area contributed by atoms with Gasteiger partial charge in [-0.05, 0) is 74.2 Å². The molecule has 0 aromatic heterocycles. The van der Waals surface area contributed by atoms with Gasteiger partial charge in [-0.25, -0.2) is 0 Å². The molecule has 0 atom stereocenters. The molecule has 0 bridgehead atoms. The fourth-order valence-electron chi connectivity index (χ4n) is 1.16. The van der Waals surface area contributed by atoms with E-state index in [1.807, 2.05) is 22.6 Å². The third kappa shape index (κ3) is 2.39. The molecule has 1 rings (SSSR count). The summed E-state index contributed by atoms with van der Waals surface area (Å²) in [4.78, 5) is 0. The third-order valence-corrected chi connectivity index (χ3v) is 7.25. The Labute approximate surface area is 124 Å². The van der Waals surface area contributed by atoms with Crippen molar-refractivity contribution in [2.75, 3.05) is 0 Å². The minimum Gasteiger partial charge on any atom is -0.504 e. The predicted octanol–water partition coefficient (Wildman–Crippen LogP) is 3.86. The first-order chi connectivity index (χ1) is 6.50. The summed E-state index contributed by atoms with van der Waals surface area (Å²) in [7, 11) is 0. The van der Waals surface area contributed by atoms with E-state index in [1.165, 1.54) is 0 Å². The topological polar surface area (TPSA) is 40.5 Å².